The minimum Gasteiger partial charge on any atom is -0.323 e. The van der Waals surface area contributed by atoms with Crippen molar-refractivity contribution >= 4 is 17.5 Å². The molecule has 88 valence electrons. The smallest absolute Gasteiger partial charge is 0.255 e. The summed E-state index contributed by atoms with van der Waals surface area (Å²) in [6.07, 6.45) is 1.66. The topological polar surface area (TPSA) is 44.1 Å². The summed E-state index contributed by atoms with van der Waals surface area (Å²) in [6.45, 7) is 2.48. The molecule has 4 heteroatoms. The van der Waals surface area contributed by atoms with Crippen LogP contribution in [0, 0.1) is 18.3 Å². The van der Waals surface area contributed by atoms with Gasteiger partial charge in [-0.05, 0) is 37.5 Å². The van der Waals surface area contributed by atoms with Gasteiger partial charge in [-0.1, -0.05) is 17.7 Å². The highest BCUT2D eigenvalue weighted by Gasteiger charge is 2.30. The molecule has 1 saturated heterocycles. The number of hydrogen-bond donors (Lipinski definition) is 0. The van der Waals surface area contributed by atoms with Crippen molar-refractivity contribution in [3.8, 4) is 6.07 Å². The summed E-state index contributed by atoms with van der Waals surface area (Å²) >= 11 is 6.00. The van der Waals surface area contributed by atoms with Gasteiger partial charge in [-0.3, -0.25) is 4.79 Å². The molecule has 1 heterocycles. The molecule has 0 spiro atoms. The third kappa shape index (κ3) is 2.13. The molecule has 3 nitrogen and oxygen atoms in total. The number of hydrogen-bond acceptors (Lipinski definition) is 2. The zero-order valence-corrected chi connectivity index (χ0v) is 10.4. The highest BCUT2D eigenvalue weighted by Crippen LogP contribution is 2.24. The van der Waals surface area contributed by atoms with Crippen molar-refractivity contribution in [3.05, 3.63) is 34.3 Å². The van der Waals surface area contributed by atoms with Crippen molar-refractivity contribution in [3.63, 3.8) is 0 Å². The first-order valence-corrected chi connectivity index (χ1v) is 5.98. The third-order valence-corrected chi connectivity index (χ3v) is 3.57. The monoisotopic (exact) mass is 248 g/mol. The normalized spacial score (nSPS) is 19.1. The molecule has 1 aliphatic rings. The molecule has 1 fully saturated rings. The largest absolute Gasteiger partial charge is 0.323 e. The fourth-order valence-corrected chi connectivity index (χ4v) is 2.31. The van der Waals surface area contributed by atoms with E-state index in [1.807, 2.05) is 6.92 Å². The Morgan fingerprint density at radius 3 is 3.06 bits per heavy atom. The first-order chi connectivity index (χ1) is 8.15. The van der Waals surface area contributed by atoms with E-state index in [9.17, 15) is 4.79 Å². The van der Waals surface area contributed by atoms with E-state index in [4.69, 9.17) is 16.9 Å². The minimum atomic E-state index is -0.291. The van der Waals surface area contributed by atoms with Crippen LogP contribution in [0.2, 0.25) is 5.02 Å². The summed E-state index contributed by atoms with van der Waals surface area (Å²) in [6, 6.07) is 7.17. The summed E-state index contributed by atoms with van der Waals surface area (Å²) in [5.41, 5.74) is 1.38. The van der Waals surface area contributed by atoms with E-state index in [1.165, 1.54) is 0 Å². The third-order valence-electron chi connectivity index (χ3n) is 3.16. The van der Waals surface area contributed by atoms with Gasteiger partial charge in [-0.2, -0.15) is 5.26 Å². The number of carbonyl (C=O) groups is 1. The summed E-state index contributed by atoms with van der Waals surface area (Å²) in [5, 5.41) is 9.57. The predicted octanol–water partition coefficient (Wildman–Crippen LogP) is 2.78. The number of amides is 1. The van der Waals surface area contributed by atoms with Crippen LogP contribution in [0.3, 0.4) is 0 Å². The maximum absolute atomic E-state index is 12.3. The van der Waals surface area contributed by atoms with E-state index in [-0.39, 0.29) is 11.9 Å². The molecule has 1 aliphatic heterocycles. The van der Waals surface area contributed by atoms with Gasteiger partial charge in [0.15, 0.2) is 0 Å². The number of carbonyl (C=O) groups excluding carboxylic acids is 1. The summed E-state index contributed by atoms with van der Waals surface area (Å²) in [4.78, 5) is 13.9. The lowest BCUT2D eigenvalue weighted by molar-refractivity contribution is 0.0764. The fourth-order valence-electron chi connectivity index (χ4n) is 2.14. The number of likely N-dealkylation sites (tertiary alicyclic amines) is 1. The van der Waals surface area contributed by atoms with Crippen LogP contribution in [0.1, 0.15) is 28.8 Å². The van der Waals surface area contributed by atoms with Crippen LogP contribution in [-0.4, -0.2) is 23.4 Å². The highest BCUT2D eigenvalue weighted by molar-refractivity contribution is 6.31. The second-order valence-corrected chi connectivity index (χ2v) is 4.61. The lowest BCUT2D eigenvalue weighted by Gasteiger charge is -2.20. The number of benzene rings is 1. The van der Waals surface area contributed by atoms with Gasteiger partial charge in [-0.25, -0.2) is 0 Å². The summed E-state index contributed by atoms with van der Waals surface area (Å²) in [7, 11) is 0. The summed E-state index contributed by atoms with van der Waals surface area (Å²) in [5.74, 6) is -0.0888. The molecule has 0 bridgehead atoms. The number of nitriles is 1. The van der Waals surface area contributed by atoms with Crippen LogP contribution in [0.4, 0.5) is 0 Å². The van der Waals surface area contributed by atoms with E-state index in [0.717, 1.165) is 18.4 Å². The van der Waals surface area contributed by atoms with Gasteiger partial charge in [0.05, 0.1) is 6.07 Å². The number of nitrogens with zero attached hydrogens (tertiary/aromatic N) is 2. The van der Waals surface area contributed by atoms with Gasteiger partial charge in [-0.15, -0.1) is 0 Å². The van der Waals surface area contributed by atoms with Gasteiger partial charge < -0.3 is 4.90 Å². The molecule has 1 aromatic rings. The van der Waals surface area contributed by atoms with Crippen LogP contribution >= 0.6 is 11.6 Å². The van der Waals surface area contributed by atoms with E-state index >= 15 is 0 Å². The standard InChI is InChI=1S/C13H13ClN2O/c1-9-11(5-2-6-12(9)14)13(17)16-7-3-4-10(16)8-15/h2,5-6,10H,3-4,7H2,1H3. The molecule has 0 aromatic heterocycles. The molecule has 17 heavy (non-hydrogen) atoms. The Kier molecular flexibility index (Phi) is 3.35. The molecule has 1 unspecified atom stereocenters. The van der Waals surface area contributed by atoms with Crippen molar-refractivity contribution in [1.29, 1.82) is 5.26 Å². The van der Waals surface area contributed by atoms with Crippen molar-refractivity contribution in [2.24, 2.45) is 0 Å². The summed E-state index contributed by atoms with van der Waals surface area (Å²) < 4.78 is 0. The van der Waals surface area contributed by atoms with Crippen LogP contribution in [0.5, 0.6) is 0 Å². The van der Waals surface area contributed by atoms with E-state index in [0.29, 0.717) is 17.1 Å². The van der Waals surface area contributed by atoms with Gasteiger partial charge >= 0.3 is 0 Å². The molecule has 0 aliphatic carbocycles. The van der Waals surface area contributed by atoms with Crippen LogP contribution in [0.15, 0.2) is 18.2 Å². The van der Waals surface area contributed by atoms with Gasteiger partial charge in [0.1, 0.15) is 6.04 Å². The van der Waals surface area contributed by atoms with Crippen molar-refractivity contribution < 1.29 is 4.79 Å². The van der Waals surface area contributed by atoms with Gasteiger partial charge in [0.25, 0.3) is 5.91 Å². The second kappa shape index (κ2) is 4.77. The maximum Gasteiger partial charge on any atom is 0.255 e. The predicted molar refractivity (Wildman–Crippen MR) is 65.9 cm³/mol. The lowest BCUT2D eigenvalue weighted by atomic mass is 10.1. The Labute approximate surface area is 106 Å². The Hall–Kier alpha value is -1.53. The maximum atomic E-state index is 12.3. The van der Waals surface area contributed by atoms with E-state index < -0.39 is 0 Å². The minimum absolute atomic E-state index is 0.0888. The molecule has 0 radical (unpaired) electrons. The molecule has 2 rings (SSSR count). The fraction of sp³-hybridized carbons (Fsp3) is 0.385. The molecule has 1 aromatic carbocycles. The molecule has 1 atom stereocenters. The average molecular weight is 249 g/mol. The Bertz CT molecular complexity index is 493. The van der Waals surface area contributed by atoms with Gasteiger partial charge in [0.2, 0.25) is 0 Å². The van der Waals surface area contributed by atoms with Crippen molar-refractivity contribution in [2.75, 3.05) is 6.54 Å². The van der Waals surface area contributed by atoms with Crippen molar-refractivity contribution in [1.82, 2.24) is 4.90 Å². The van der Waals surface area contributed by atoms with Gasteiger partial charge in [0, 0.05) is 17.1 Å². The van der Waals surface area contributed by atoms with Crippen LogP contribution in [-0.2, 0) is 0 Å². The second-order valence-electron chi connectivity index (χ2n) is 4.20. The number of rotatable bonds is 1. The highest BCUT2D eigenvalue weighted by atomic mass is 35.5. The first-order valence-electron chi connectivity index (χ1n) is 5.61. The molecule has 0 N–H and O–H groups in total. The average Bonchev–Trinajstić information content (AvgIpc) is 2.80. The first kappa shape index (κ1) is 11.9. The Balaban J connectivity index is 2.32. The zero-order chi connectivity index (χ0) is 12.4. The van der Waals surface area contributed by atoms with Crippen LogP contribution < -0.4 is 0 Å². The Morgan fingerprint density at radius 1 is 1.59 bits per heavy atom. The molecular weight excluding hydrogens is 236 g/mol. The number of halogens is 1. The molecule has 1 amide bonds. The lowest BCUT2D eigenvalue weighted by Crippen LogP contribution is -2.35. The zero-order valence-electron chi connectivity index (χ0n) is 9.61. The van der Waals surface area contributed by atoms with Crippen LogP contribution in [0.25, 0.3) is 0 Å². The van der Waals surface area contributed by atoms with E-state index in [2.05, 4.69) is 6.07 Å². The quantitative estimate of drug-likeness (QED) is 0.767. The van der Waals surface area contributed by atoms with Crippen molar-refractivity contribution in [2.45, 2.75) is 25.8 Å². The molecule has 0 saturated carbocycles. The Morgan fingerprint density at radius 2 is 2.35 bits per heavy atom. The SMILES string of the molecule is Cc1c(Cl)cccc1C(=O)N1CCCC1C#N. The van der Waals surface area contributed by atoms with E-state index in [1.54, 1.807) is 23.1 Å². The molecular formula is C13H13ClN2O.